The second kappa shape index (κ2) is 7.84. The molecule has 1 aromatic carbocycles. The van der Waals surface area contributed by atoms with Gasteiger partial charge in [0.1, 0.15) is 0 Å². The molecule has 1 aliphatic rings. The molecule has 0 aliphatic heterocycles. The SMILES string of the molecule is C=CCc1cc(C(C)(F)F)ccc1N/C(C(=C)C)=C1/CC(C)(C)CCC1=C. The summed E-state index contributed by atoms with van der Waals surface area (Å²) in [7, 11) is 0. The molecule has 0 saturated heterocycles. The number of allylic oxidation sites excluding steroid dienone is 4. The topological polar surface area (TPSA) is 12.0 Å². The molecule has 0 atom stereocenters. The number of anilines is 1. The van der Waals surface area contributed by atoms with E-state index >= 15 is 0 Å². The summed E-state index contributed by atoms with van der Waals surface area (Å²) in [4.78, 5) is 0. The van der Waals surface area contributed by atoms with Gasteiger partial charge in [0.15, 0.2) is 0 Å². The van der Waals surface area contributed by atoms with Gasteiger partial charge in [-0.2, -0.15) is 0 Å². The molecule has 0 heterocycles. The fraction of sp³-hybridized carbons (Fsp3) is 0.417. The monoisotopic (exact) mass is 371 g/mol. The number of benzene rings is 1. The van der Waals surface area contributed by atoms with Gasteiger partial charge in [-0.05, 0) is 72.4 Å². The van der Waals surface area contributed by atoms with Gasteiger partial charge in [0.2, 0.25) is 0 Å². The highest BCUT2D eigenvalue weighted by molar-refractivity contribution is 5.62. The summed E-state index contributed by atoms with van der Waals surface area (Å²) in [6.45, 7) is 19.6. The zero-order chi connectivity index (χ0) is 20.4. The lowest BCUT2D eigenvalue weighted by Crippen LogP contribution is -2.21. The Morgan fingerprint density at radius 1 is 1.33 bits per heavy atom. The molecule has 1 saturated carbocycles. The molecule has 27 heavy (non-hydrogen) atoms. The van der Waals surface area contributed by atoms with Crippen LogP contribution in [-0.4, -0.2) is 0 Å². The first-order chi connectivity index (χ1) is 12.4. The van der Waals surface area contributed by atoms with Crippen LogP contribution in [0.4, 0.5) is 14.5 Å². The molecule has 1 nitrogen and oxygen atoms in total. The molecule has 0 radical (unpaired) electrons. The van der Waals surface area contributed by atoms with Crippen molar-refractivity contribution in [2.75, 3.05) is 5.32 Å². The second-order valence-electron chi connectivity index (χ2n) is 8.46. The number of rotatable bonds is 6. The van der Waals surface area contributed by atoms with Crippen molar-refractivity contribution in [1.82, 2.24) is 0 Å². The lowest BCUT2D eigenvalue weighted by atomic mass is 9.72. The third-order valence-corrected chi connectivity index (χ3v) is 5.15. The van der Waals surface area contributed by atoms with Crippen molar-refractivity contribution >= 4 is 5.69 Å². The zero-order valence-electron chi connectivity index (χ0n) is 17.0. The first kappa shape index (κ1) is 21.1. The van der Waals surface area contributed by atoms with Crippen LogP contribution in [0.15, 0.2) is 66.4 Å². The molecule has 1 fully saturated rings. The minimum absolute atomic E-state index is 0.0117. The number of alkyl halides is 2. The Morgan fingerprint density at radius 2 is 2.00 bits per heavy atom. The van der Waals surface area contributed by atoms with Gasteiger partial charge < -0.3 is 5.32 Å². The summed E-state index contributed by atoms with van der Waals surface area (Å²) in [5.41, 5.74) is 6.01. The van der Waals surface area contributed by atoms with Gasteiger partial charge in [-0.3, -0.25) is 0 Å². The number of halogens is 2. The molecular weight excluding hydrogens is 340 g/mol. The zero-order valence-corrected chi connectivity index (χ0v) is 17.0. The largest absolute Gasteiger partial charge is 0.355 e. The summed E-state index contributed by atoms with van der Waals surface area (Å²) < 4.78 is 27.5. The average Bonchev–Trinajstić information content (AvgIpc) is 2.55. The van der Waals surface area contributed by atoms with Crippen LogP contribution in [0.25, 0.3) is 0 Å². The van der Waals surface area contributed by atoms with E-state index in [1.54, 1.807) is 18.2 Å². The number of hydrogen-bond acceptors (Lipinski definition) is 1. The van der Waals surface area contributed by atoms with Crippen LogP contribution in [-0.2, 0) is 12.3 Å². The van der Waals surface area contributed by atoms with E-state index in [9.17, 15) is 8.78 Å². The van der Waals surface area contributed by atoms with E-state index in [1.807, 2.05) is 6.92 Å². The molecule has 0 aromatic heterocycles. The van der Waals surface area contributed by atoms with E-state index in [-0.39, 0.29) is 11.0 Å². The van der Waals surface area contributed by atoms with Gasteiger partial charge >= 0.3 is 0 Å². The maximum absolute atomic E-state index is 13.7. The molecule has 0 bridgehead atoms. The third-order valence-electron chi connectivity index (χ3n) is 5.15. The van der Waals surface area contributed by atoms with E-state index in [2.05, 4.69) is 38.9 Å². The number of hydrogen-bond donors (Lipinski definition) is 1. The van der Waals surface area contributed by atoms with Crippen molar-refractivity contribution in [3.8, 4) is 0 Å². The van der Waals surface area contributed by atoms with Gasteiger partial charge in [-0.25, -0.2) is 8.78 Å². The van der Waals surface area contributed by atoms with E-state index in [0.29, 0.717) is 6.42 Å². The van der Waals surface area contributed by atoms with Crippen LogP contribution in [0.3, 0.4) is 0 Å². The van der Waals surface area contributed by atoms with Gasteiger partial charge in [-0.1, -0.05) is 39.1 Å². The van der Waals surface area contributed by atoms with Gasteiger partial charge in [0.05, 0.1) is 0 Å². The van der Waals surface area contributed by atoms with Crippen molar-refractivity contribution in [2.24, 2.45) is 5.41 Å². The highest BCUT2D eigenvalue weighted by atomic mass is 19.3. The van der Waals surface area contributed by atoms with Gasteiger partial charge in [0.25, 0.3) is 5.92 Å². The van der Waals surface area contributed by atoms with Crippen LogP contribution in [0.1, 0.15) is 58.1 Å². The molecule has 146 valence electrons. The summed E-state index contributed by atoms with van der Waals surface area (Å²) in [5.74, 6) is -2.87. The Bertz CT molecular complexity index is 791. The maximum Gasteiger partial charge on any atom is 0.270 e. The lowest BCUT2D eigenvalue weighted by Gasteiger charge is -2.34. The van der Waals surface area contributed by atoms with Crippen LogP contribution in [0.2, 0.25) is 0 Å². The fourth-order valence-electron chi connectivity index (χ4n) is 3.48. The standard InChI is InChI=1S/C24H31F2N/c1-8-9-18-14-19(24(7,25)26)10-11-21(18)27-22(16(2)3)20-15-23(5,6)13-12-17(20)4/h8,10-11,14,27H,1-2,4,9,12-13,15H2,3,5-7H3/b22-20-. The lowest BCUT2D eigenvalue weighted by molar-refractivity contribution is 0.0174. The quantitative estimate of drug-likeness (QED) is 0.509. The molecule has 0 spiro atoms. The Hall–Kier alpha value is -2.16. The van der Waals surface area contributed by atoms with Crippen molar-refractivity contribution in [3.05, 3.63) is 77.6 Å². The Balaban J connectivity index is 2.50. The van der Waals surface area contributed by atoms with E-state index in [0.717, 1.165) is 54.3 Å². The molecule has 0 amide bonds. The smallest absolute Gasteiger partial charge is 0.270 e. The summed E-state index contributed by atoms with van der Waals surface area (Å²) in [6, 6.07) is 4.77. The van der Waals surface area contributed by atoms with Gasteiger partial charge in [0, 0.05) is 23.9 Å². The highest BCUT2D eigenvalue weighted by Crippen LogP contribution is 2.43. The summed E-state index contributed by atoms with van der Waals surface area (Å²) in [6.07, 6.45) is 5.23. The average molecular weight is 372 g/mol. The molecule has 2 rings (SSSR count). The molecular formula is C24H31F2N. The van der Waals surface area contributed by atoms with Crippen molar-refractivity contribution in [3.63, 3.8) is 0 Å². The number of nitrogens with one attached hydrogen (secondary N) is 1. The third kappa shape index (κ3) is 5.18. The minimum atomic E-state index is -2.87. The first-order valence-corrected chi connectivity index (χ1v) is 9.41. The van der Waals surface area contributed by atoms with Crippen molar-refractivity contribution in [1.29, 1.82) is 0 Å². The predicted octanol–water partition coefficient (Wildman–Crippen LogP) is 7.54. The van der Waals surface area contributed by atoms with Crippen molar-refractivity contribution in [2.45, 2.75) is 59.3 Å². The Kier molecular flexibility index (Phi) is 6.14. The van der Waals surface area contributed by atoms with E-state index < -0.39 is 5.92 Å². The second-order valence-corrected chi connectivity index (χ2v) is 8.46. The van der Waals surface area contributed by atoms with Crippen LogP contribution >= 0.6 is 0 Å². The Labute approximate surface area is 162 Å². The fourth-order valence-corrected chi connectivity index (χ4v) is 3.48. The minimum Gasteiger partial charge on any atom is -0.355 e. The summed E-state index contributed by atoms with van der Waals surface area (Å²) in [5, 5.41) is 3.48. The summed E-state index contributed by atoms with van der Waals surface area (Å²) >= 11 is 0. The van der Waals surface area contributed by atoms with E-state index in [4.69, 9.17) is 0 Å². The molecule has 0 unspecified atom stereocenters. The normalized spacial score (nSPS) is 18.8. The molecule has 1 N–H and O–H groups in total. The predicted molar refractivity (Wildman–Crippen MR) is 112 cm³/mol. The van der Waals surface area contributed by atoms with Gasteiger partial charge in [-0.15, -0.1) is 6.58 Å². The molecule has 1 aliphatic carbocycles. The van der Waals surface area contributed by atoms with E-state index in [1.165, 1.54) is 11.6 Å². The Morgan fingerprint density at radius 3 is 2.56 bits per heavy atom. The van der Waals surface area contributed by atoms with Crippen LogP contribution in [0, 0.1) is 5.41 Å². The highest BCUT2D eigenvalue weighted by Gasteiger charge is 2.29. The molecule has 3 heteroatoms. The van der Waals surface area contributed by atoms with Crippen LogP contribution in [0.5, 0.6) is 0 Å². The molecule has 1 aromatic rings. The first-order valence-electron chi connectivity index (χ1n) is 9.41. The van der Waals surface area contributed by atoms with Crippen LogP contribution < -0.4 is 5.32 Å². The maximum atomic E-state index is 13.7. The van der Waals surface area contributed by atoms with Crippen molar-refractivity contribution < 1.29 is 8.78 Å².